The number of phenols is 1. The Morgan fingerprint density at radius 2 is 1.73 bits per heavy atom. The maximum Gasteiger partial charge on any atom is 0.235 e. The van der Waals surface area contributed by atoms with Gasteiger partial charge in [-0.3, -0.25) is 33.8 Å². The first-order chi connectivity index (χ1) is 18.9. The average molecular weight is 574 g/mol. The van der Waals surface area contributed by atoms with E-state index in [1.54, 1.807) is 14.1 Å². The Morgan fingerprint density at radius 1 is 1.10 bits per heavy atom. The smallest absolute Gasteiger partial charge is 0.235 e. The van der Waals surface area contributed by atoms with Crippen molar-refractivity contribution in [3.63, 3.8) is 0 Å². The zero-order valence-corrected chi connectivity index (χ0v) is 23.6. The van der Waals surface area contributed by atoms with Gasteiger partial charge in [-0.15, -0.1) is 0 Å². The summed E-state index contributed by atoms with van der Waals surface area (Å²) < 4.78 is 0. The summed E-state index contributed by atoms with van der Waals surface area (Å²) in [5, 5.41) is 23.0. The van der Waals surface area contributed by atoms with E-state index in [0.29, 0.717) is 22.7 Å². The molecule has 4 aliphatic rings. The fourth-order valence-electron chi connectivity index (χ4n) is 7.53. The molecule has 2 unspecified atom stereocenters. The summed E-state index contributed by atoms with van der Waals surface area (Å²) in [4.78, 5) is 70.1. The highest BCUT2D eigenvalue weighted by Crippen LogP contribution is 2.51. The minimum absolute atomic E-state index is 0.00264. The van der Waals surface area contributed by atoms with Crippen LogP contribution in [-0.4, -0.2) is 87.9 Å². The SMILES string of the molecule is CN(C)[C@@H]1C(=O)C(C(N)=O)C(=O)[C@@]2(O)C(=O)C3C(=O)c4c(O)cc(CN5CCCCCCC5)c(Cl)c4C[C@H]3C[C@@H]12. The molecule has 0 radical (unpaired) electrons. The highest BCUT2D eigenvalue weighted by molar-refractivity contribution is 6.34. The van der Waals surface area contributed by atoms with Gasteiger partial charge in [0, 0.05) is 17.5 Å². The third kappa shape index (κ3) is 4.40. The van der Waals surface area contributed by atoms with E-state index in [-0.39, 0.29) is 24.2 Å². The van der Waals surface area contributed by atoms with Crippen molar-refractivity contribution in [1.29, 1.82) is 0 Å². The maximum atomic E-state index is 13.9. The highest BCUT2D eigenvalue weighted by atomic mass is 35.5. The number of ketones is 4. The fourth-order valence-corrected chi connectivity index (χ4v) is 7.82. The number of benzene rings is 1. The number of amides is 1. The Morgan fingerprint density at radius 3 is 2.33 bits per heavy atom. The van der Waals surface area contributed by atoms with Crippen LogP contribution in [0, 0.1) is 23.7 Å². The number of aliphatic hydroxyl groups is 1. The Labute approximate surface area is 237 Å². The number of fused-ring (bicyclic) bond motifs is 3. The summed E-state index contributed by atoms with van der Waals surface area (Å²) >= 11 is 6.88. The number of Topliss-reactive ketones (excluding diaryl/α,β-unsaturated/α-hetero) is 4. The van der Waals surface area contributed by atoms with Crippen molar-refractivity contribution in [2.75, 3.05) is 27.2 Å². The Kier molecular flexibility index (Phi) is 7.67. The number of likely N-dealkylation sites (tertiary alicyclic amines) is 1. The molecule has 11 heteroatoms. The predicted molar refractivity (Wildman–Crippen MR) is 145 cm³/mol. The summed E-state index contributed by atoms with van der Waals surface area (Å²) in [6.45, 7) is 2.34. The predicted octanol–water partition coefficient (Wildman–Crippen LogP) is 1.29. The van der Waals surface area contributed by atoms with E-state index < -0.39 is 64.4 Å². The molecule has 1 aromatic rings. The number of primary amides is 1. The van der Waals surface area contributed by atoms with Gasteiger partial charge < -0.3 is 15.9 Å². The van der Waals surface area contributed by atoms with Crippen molar-refractivity contribution in [1.82, 2.24) is 9.80 Å². The number of likely N-dealkylation sites (N-methyl/N-ethyl adjacent to an activating group) is 1. The van der Waals surface area contributed by atoms with Gasteiger partial charge in [0.25, 0.3) is 0 Å². The molecular weight excluding hydrogens is 538 g/mol. The zero-order valence-electron chi connectivity index (χ0n) is 22.8. The molecule has 6 atom stereocenters. The third-order valence-corrected chi connectivity index (χ3v) is 9.88. The monoisotopic (exact) mass is 573 g/mol. The highest BCUT2D eigenvalue weighted by Gasteiger charge is 2.69. The van der Waals surface area contributed by atoms with Crippen LogP contribution in [0.3, 0.4) is 0 Å². The standard InChI is InChI=1S/C29H36ClN3O7/c1-32(2)23-17-11-14-10-16-20(18(34)12-15(22(16)30)13-33-8-6-4-3-5-7-9-33)24(35)19(14)26(37)29(17,40)27(38)21(25(23)36)28(31)39/h12,14,17,19,21,23,34,40H,3-11,13H2,1-2H3,(H2,31,39)/t14-,17-,19?,21?,23-,29-/m0/s1. The second-order valence-corrected chi connectivity index (χ2v) is 12.4. The van der Waals surface area contributed by atoms with Crippen LogP contribution >= 0.6 is 11.6 Å². The van der Waals surface area contributed by atoms with E-state index in [1.807, 2.05) is 0 Å². The van der Waals surface area contributed by atoms with Gasteiger partial charge in [-0.2, -0.15) is 0 Å². The lowest BCUT2D eigenvalue weighted by Gasteiger charge is -2.52. The molecule has 3 fully saturated rings. The van der Waals surface area contributed by atoms with Gasteiger partial charge in [-0.25, -0.2) is 0 Å². The lowest BCUT2D eigenvalue weighted by molar-refractivity contribution is -0.181. The molecule has 2 saturated carbocycles. The average Bonchev–Trinajstić information content (AvgIpc) is 2.85. The van der Waals surface area contributed by atoms with Gasteiger partial charge in [0.05, 0.1) is 17.5 Å². The van der Waals surface area contributed by atoms with Crippen molar-refractivity contribution < 1.29 is 34.2 Å². The molecule has 1 saturated heterocycles. The number of halogens is 1. The van der Waals surface area contributed by atoms with E-state index in [4.69, 9.17) is 17.3 Å². The van der Waals surface area contributed by atoms with E-state index in [9.17, 15) is 34.2 Å². The number of carbonyl (C=O) groups excluding carboxylic acids is 5. The summed E-state index contributed by atoms with van der Waals surface area (Å²) in [7, 11) is 3.11. The number of hydrogen-bond donors (Lipinski definition) is 3. The molecule has 40 heavy (non-hydrogen) atoms. The quantitative estimate of drug-likeness (QED) is 0.451. The molecule has 0 bridgehead atoms. The van der Waals surface area contributed by atoms with Crippen LogP contribution in [0.5, 0.6) is 5.75 Å². The third-order valence-electron chi connectivity index (χ3n) is 9.41. The summed E-state index contributed by atoms with van der Waals surface area (Å²) in [5.41, 5.74) is 3.68. The molecule has 0 spiro atoms. The Bertz CT molecular complexity index is 1290. The van der Waals surface area contributed by atoms with Crippen molar-refractivity contribution >= 4 is 40.6 Å². The van der Waals surface area contributed by atoms with Crippen LogP contribution in [0.15, 0.2) is 6.07 Å². The molecule has 4 N–H and O–H groups in total. The number of aromatic hydroxyl groups is 1. The molecule has 1 heterocycles. The number of hydrogen-bond acceptors (Lipinski definition) is 9. The van der Waals surface area contributed by atoms with Crippen molar-refractivity contribution in [2.45, 2.75) is 63.1 Å². The lowest BCUT2D eigenvalue weighted by atomic mass is 9.52. The summed E-state index contributed by atoms with van der Waals surface area (Å²) in [6, 6.07) is 0.336. The van der Waals surface area contributed by atoms with Gasteiger partial charge in [-0.1, -0.05) is 30.9 Å². The lowest BCUT2D eigenvalue weighted by Crippen LogP contribution is -2.74. The topological polar surface area (TPSA) is 158 Å². The van der Waals surface area contributed by atoms with Crippen LogP contribution in [-0.2, 0) is 32.1 Å². The second-order valence-electron chi connectivity index (χ2n) is 12.1. The molecular formula is C29H36ClN3O7. The van der Waals surface area contributed by atoms with Crippen LogP contribution in [0.2, 0.25) is 5.02 Å². The zero-order chi connectivity index (χ0) is 29.1. The molecule has 5 rings (SSSR count). The van der Waals surface area contributed by atoms with Crippen LogP contribution in [0.25, 0.3) is 0 Å². The van der Waals surface area contributed by atoms with Crippen LogP contribution in [0.4, 0.5) is 0 Å². The molecule has 1 aromatic carbocycles. The second kappa shape index (κ2) is 10.6. The van der Waals surface area contributed by atoms with Crippen molar-refractivity contribution in [2.24, 2.45) is 29.4 Å². The number of carbonyl (C=O) groups is 5. The maximum absolute atomic E-state index is 13.9. The molecule has 216 valence electrons. The molecule has 10 nitrogen and oxygen atoms in total. The first-order valence-corrected chi connectivity index (χ1v) is 14.4. The van der Waals surface area contributed by atoms with Gasteiger partial charge >= 0.3 is 0 Å². The van der Waals surface area contributed by atoms with E-state index >= 15 is 0 Å². The summed E-state index contributed by atoms with van der Waals surface area (Å²) in [6.07, 6.45) is 5.86. The van der Waals surface area contributed by atoms with Crippen molar-refractivity contribution in [3.8, 4) is 5.75 Å². The molecule has 1 amide bonds. The number of phenolic OH excluding ortho intramolecular Hbond substituents is 1. The minimum atomic E-state index is -2.73. The van der Waals surface area contributed by atoms with E-state index in [2.05, 4.69) is 4.90 Å². The molecule has 0 aromatic heterocycles. The van der Waals surface area contributed by atoms with Crippen LogP contribution < -0.4 is 5.73 Å². The molecule has 1 aliphatic heterocycles. The number of nitrogens with two attached hydrogens (primary N) is 1. The summed E-state index contributed by atoms with van der Waals surface area (Å²) in [5.74, 6) is -10.6. The Hall–Kier alpha value is -2.66. The minimum Gasteiger partial charge on any atom is -0.507 e. The first kappa shape index (κ1) is 28.9. The van der Waals surface area contributed by atoms with E-state index in [0.717, 1.165) is 38.8 Å². The normalized spacial score (nSPS) is 33.2. The van der Waals surface area contributed by atoms with Gasteiger partial charge in [-0.05, 0) is 76.0 Å². The van der Waals surface area contributed by atoms with Crippen LogP contribution in [0.1, 0.15) is 60.0 Å². The Balaban J connectivity index is 1.53. The largest absolute Gasteiger partial charge is 0.507 e. The van der Waals surface area contributed by atoms with E-state index in [1.165, 1.54) is 17.4 Å². The number of rotatable bonds is 4. The molecule has 3 aliphatic carbocycles. The van der Waals surface area contributed by atoms with Crippen molar-refractivity contribution in [3.05, 3.63) is 27.8 Å². The van der Waals surface area contributed by atoms with Gasteiger partial charge in [0.1, 0.15) is 5.75 Å². The first-order valence-electron chi connectivity index (χ1n) is 14.0. The fraction of sp³-hybridized carbons (Fsp3) is 0.621. The van der Waals surface area contributed by atoms with Gasteiger partial charge in [0.2, 0.25) is 5.91 Å². The number of nitrogens with zero attached hydrogens (tertiary/aromatic N) is 2. The van der Waals surface area contributed by atoms with Gasteiger partial charge in [0.15, 0.2) is 34.7 Å².